The number of hydrogen-bond donors (Lipinski definition) is 0. The van der Waals surface area contributed by atoms with Gasteiger partial charge in [0.2, 0.25) is 0 Å². The van der Waals surface area contributed by atoms with Crippen LogP contribution in [-0.4, -0.2) is 18.8 Å². The molecule has 4 rings (SSSR count). The van der Waals surface area contributed by atoms with Crippen molar-refractivity contribution >= 4 is 0 Å². The van der Waals surface area contributed by atoms with E-state index in [2.05, 4.69) is 31.2 Å². The Morgan fingerprint density at radius 2 is 1.95 bits per heavy atom. The first-order chi connectivity index (χ1) is 9.79. The van der Waals surface area contributed by atoms with Gasteiger partial charge in [-0.25, -0.2) is 0 Å². The van der Waals surface area contributed by atoms with Crippen LogP contribution in [0.15, 0.2) is 24.3 Å². The number of benzene rings is 1. The zero-order valence-corrected chi connectivity index (χ0v) is 12.3. The molecule has 0 bridgehead atoms. The van der Waals surface area contributed by atoms with E-state index in [-0.39, 0.29) is 11.7 Å². The number of aryl methyl sites for hydroxylation is 1. The molecule has 2 saturated heterocycles. The van der Waals surface area contributed by atoms with Gasteiger partial charge in [-0.15, -0.1) is 0 Å². The van der Waals surface area contributed by atoms with E-state index in [1.165, 1.54) is 43.2 Å². The quantitative estimate of drug-likeness (QED) is 0.768. The Labute approximate surface area is 121 Å². The maximum atomic E-state index is 6.34. The van der Waals surface area contributed by atoms with Crippen molar-refractivity contribution in [3.05, 3.63) is 35.4 Å². The minimum Gasteiger partial charge on any atom is -0.374 e. The minimum absolute atomic E-state index is 0.131. The van der Waals surface area contributed by atoms with E-state index < -0.39 is 0 Å². The van der Waals surface area contributed by atoms with Crippen LogP contribution >= 0.6 is 0 Å². The fourth-order valence-electron chi connectivity index (χ4n) is 4.69. The molecule has 1 aromatic carbocycles. The summed E-state index contributed by atoms with van der Waals surface area (Å²) < 4.78 is 12.6. The zero-order valence-electron chi connectivity index (χ0n) is 12.3. The van der Waals surface area contributed by atoms with Crippen molar-refractivity contribution in [2.75, 3.05) is 13.2 Å². The van der Waals surface area contributed by atoms with Gasteiger partial charge in [0.05, 0.1) is 18.3 Å². The molecule has 0 radical (unpaired) electrons. The van der Waals surface area contributed by atoms with Crippen LogP contribution in [0, 0.1) is 18.8 Å². The SMILES string of the molecule is Cc1ccc([C@@H]2OC[C@@H]3CCO[C@@]34CCCC[C@@H]24)cc1. The lowest BCUT2D eigenvalue weighted by Gasteiger charge is -2.51. The summed E-state index contributed by atoms with van der Waals surface area (Å²) in [7, 11) is 0. The van der Waals surface area contributed by atoms with Crippen molar-refractivity contribution in [2.45, 2.75) is 50.7 Å². The smallest absolute Gasteiger partial charge is 0.0880 e. The van der Waals surface area contributed by atoms with E-state index in [9.17, 15) is 0 Å². The molecule has 20 heavy (non-hydrogen) atoms. The van der Waals surface area contributed by atoms with Crippen LogP contribution < -0.4 is 0 Å². The lowest BCUT2D eigenvalue weighted by Crippen LogP contribution is -2.53. The van der Waals surface area contributed by atoms with Gasteiger partial charge in [0.15, 0.2) is 0 Å². The van der Waals surface area contributed by atoms with Crippen molar-refractivity contribution < 1.29 is 9.47 Å². The Morgan fingerprint density at radius 3 is 2.80 bits per heavy atom. The van der Waals surface area contributed by atoms with E-state index in [0.717, 1.165) is 13.2 Å². The molecule has 1 saturated carbocycles. The van der Waals surface area contributed by atoms with Crippen LogP contribution in [0.1, 0.15) is 49.3 Å². The summed E-state index contributed by atoms with van der Waals surface area (Å²) in [6.07, 6.45) is 6.59. The molecule has 0 N–H and O–H groups in total. The highest BCUT2D eigenvalue weighted by atomic mass is 16.5. The van der Waals surface area contributed by atoms with Crippen molar-refractivity contribution in [2.24, 2.45) is 11.8 Å². The van der Waals surface area contributed by atoms with Gasteiger partial charge in [0.1, 0.15) is 0 Å². The molecule has 3 fully saturated rings. The molecule has 2 nitrogen and oxygen atoms in total. The van der Waals surface area contributed by atoms with Crippen molar-refractivity contribution in [1.82, 2.24) is 0 Å². The predicted octanol–water partition coefficient (Wildman–Crippen LogP) is 4.03. The monoisotopic (exact) mass is 272 g/mol. The highest BCUT2D eigenvalue weighted by Crippen LogP contribution is 2.55. The fraction of sp³-hybridized carbons (Fsp3) is 0.667. The third-order valence-electron chi connectivity index (χ3n) is 5.74. The second-order valence-corrected chi connectivity index (χ2v) is 6.81. The number of ether oxygens (including phenoxy) is 2. The van der Waals surface area contributed by atoms with Crippen molar-refractivity contribution in [3.8, 4) is 0 Å². The third-order valence-corrected chi connectivity index (χ3v) is 5.74. The van der Waals surface area contributed by atoms with Gasteiger partial charge in [-0.3, -0.25) is 0 Å². The summed E-state index contributed by atoms with van der Waals surface area (Å²) in [5.41, 5.74) is 2.79. The normalized spacial score (nSPS) is 40.1. The van der Waals surface area contributed by atoms with Crippen LogP contribution in [0.3, 0.4) is 0 Å². The van der Waals surface area contributed by atoms with E-state index >= 15 is 0 Å². The summed E-state index contributed by atoms with van der Waals surface area (Å²) in [4.78, 5) is 0. The summed E-state index contributed by atoms with van der Waals surface area (Å²) >= 11 is 0. The molecule has 2 heteroatoms. The second kappa shape index (κ2) is 4.85. The van der Waals surface area contributed by atoms with E-state index in [0.29, 0.717) is 11.8 Å². The summed E-state index contributed by atoms with van der Waals surface area (Å²) in [6, 6.07) is 8.90. The molecule has 3 aliphatic rings. The van der Waals surface area contributed by atoms with Gasteiger partial charge in [-0.2, -0.15) is 0 Å². The molecular weight excluding hydrogens is 248 g/mol. The molecule has 1 spiro atoms. The molecule has 4 atom stereocenters. The van der Waals surface area contributed by atoms with Crippen LogP contribution in [0.2, 0.25) is 0 Å². The predicted molar refractivity (Wildman–Crippen MR) is 78.6 cm³/mol. The van der Waals surface area contributed by atoms with Crippen molar-refractivity contribution in [1.29, 1.82) is 0 Å². The topological polar surface area (TPSA) is 18.5 Å². The first-order valence-electron chi connectivity index (χ1n) is 8.12. The van der Waals surface area contributed by atoms with Gasteiger partial charge in [0.25, 0.3) is 0 Å². The first-order valence-corrected chi connectivity index (χ1v) is 8.12. The van der Waals surface area contributed by atoms with E-state index in [4.69, 9.17) is 9.47 Å². The Balaban J connectivity index is 1.69. The molecule has 0 amide bonds. The molecular formula is C18H24O2. The van der Waals surface area contributed by atoms with Crippen LogP contribution in [0.5, 0.6) is 0 Å². The van der Waals surface area contributed by atoms with Gasteiger partial charge in [-0.05, 0) is 31.7 Å². The van der Waals surface area contributed by atoms with Crippen LogP contribution in [0.25, 0.3) is 0 Å². The molecule has 2 heterocycles. The standard InChI is InChI=1S/C18H24O2/c1-13-5-7-14(8-6-13)17-16-4-2-3-10-18(16)15(12-19-17)9-11-20-18/h5-8,15-17H,2-4,9-12H2,1H3/t15-,16-,17-,18-/m0/s1. The van der Waals surface area contributed by atoms with Gasteiger partial charge >= 0.3 is 0 Å². The molecule has 1 aromatic rings. The largest absolute Gasteiger partial charge is 0.374 e. The summed E-state index contributed by atoms with van der Waals surface area (Å²) in [6.45, 7) is 3.96. The van der Waals surface area contributed by atoms with E-state index in [1.807, 2.05) is 0 Å². The first kappa shape index (κ1) is 12.8. The van der Waals surface area contributed by atoms with Crippen LogP contribution in [-0.2, 0) is 9.47 Å². The van der Waals surface area contributed by atoms with Gasteiger partial charge in [-0.1, -0.05) is 42.7 Å². The molecule has 1 aliphatic carbocycles. The lowest BCUT2D eigenvalue weighted by atomic mass is 9.64. The zero-order chi connectivity index (χ0) is 13.6. The Kier molecular flexibility index (Phi) is 3.12. The van der Waals surface area contributed by atoms with Gasteiger partial charge < -0.3 is 9.47 Å². The molecule has 0 aromatic heterocycles. The number of rotatable bonds is 1. The highest BCUT2D eigenvalue weighted by Gasteiger charge is 2.56. The minimum atomic E-state index is 0.131. The van der Waals surface area contributed by atoms with Crippen LogP contribution in [0.4, 0.5) is 0 Å². The molecule has 0 unspecified atom stereocenters. The van der Waals surface area contributed by atoms with Crippen molar-refractivity contribution in [3.63, 3.8) is 0 Å². The van der Waals surface area contributed by atoms with Gasteiger partial charge in [0, 0.05) is 18.4 Å². The average Bonchev–Trinajstić information content (AvgIpc) is 2.89. The Bertz CT molecular complexity index is 481. The fourth-order valence-corrected chi connectivity index (χ4v) is 4.69. The highest BCUT2D eigenvalue weighted by molar-refractivity contribution is 5.25. The average molecular weight is 272 g/mol. The lowest BCUT2D eigenvalue weighted by molar-refractivity contribution is -0.196. The van der Waals surface area contributed by atoms with E-state index in [1.54, 1.807) is 0 Å². The Hall–Kier alpha value is -0.860. The summed E-state index contributed by atoms with van der Waals surface area (Å²) in [5.74, 6) is 1.19. The molecule has 2 aliphatic heterocycles. The third kappa shape index (κ3) is 1.85. The number of hydrogen-bond acceptors (Lipinski definition) is 2. The summed E-state index contributed by atoms with van der Waals surface area (Å²) in [5, 5.41) is 0. The maximum Gasteiger partial charge on any atom is 0.0880 e. The maximum absolute atomic E-state index is 6.34. The molecule has 108 valence electrons. The Morgan fingerprint density at radius 1 is 1.10 bits per heavy atom. The second-order valence-electron chi connectivity index (χ2n) is 6.81.